The van der Waals surface area contributed by atoms with Gasteiger partial charge in [0, 0.05) is 51.5 Å². The van der Waals surface area contributed by atoms with Crippen molar-refractivity contribution in [3.8, 4) is 0 Å². The standard InChI is InChI=1S/C15H33N3O/c1-5-17-9-10-18(13-15(17)4)14(3)12-16-8-7-11-19-6-2/h14-16H,5-13H2,1-4H3. The van der Waals surface area contributed by atoms with E-state index in [1.54, 1.807) is 0 Å². The molecular formula is C15H33N3O. The van der Waals surface area contributed by atoms with Gasteiger partial charge in [-0.3, -0.25) is 9.80 Å². The Bertz CT molecular complexity index is 225. The molecule has 1 heterocycles. The zero-order valence-electron chi connectivity index (χ0n) is 13.3. The molecule has 1 aliphatic rings. The Kier molecular flexibility index (Phi) is 8.62. The van der Waals surface area contributed by atoms with Crippen molar-refractivity contribution >= 4 is 0 Å². The topological polar surface area (TPSA) is 27.7 Å². The molecule has 1 aliphatic heterocycles. The van der Waals surface area contributed by atoms with Crippen molar-refractivity contribution in [2.75, 3.05) is 52.5 Å². The van der Waals surface area contributed by atoms with E-state index in [1.807, 2.05) is 6.92 Å². The van der Waals surface area contributed by atoms with Gasteiger partial charge >= 0.3 is 0 Å². The Morgan fingerprint density at radius 2 is 2.11 bits per heavy atom. The second kappa shape index (κ2) is 9.70. The second-order valence-corrected chi connectivity index (χ2v) is 5.58. The second-order valence-electron chi connectivity index (χ2n) is 5.58. The highest BCUT2D eigenvalue weighted by molar-refractivity contribution is 4.82. The molecule has 4 nitrogen and oxygen atoms in total. The fourth-order valence-electron chi connectivity index (χ4n) is 2.78. The van der Waals surface area contributed by atoms with Crippen molar-refractivity contribution in [1.29, 1.82) is 0 Å². The van der Waals surface area contributed by atoms with Crippen LogP contribution in [0.5, 0.6) is 0 Å². The van der Waals surface area contributed by atoms with Crippen LogP contribution in [-0.2, 0) is 4.74 Å². The first-order chi connectivity index (χ1) is 9.19. The lowest BCUT2D eigenvalue weighted by molar-refractivity contribution is 0.0634. The number of ether oxygens (including phenoxy) is 1. The lowest BCUT2D eigenvalue weighted by Gasteiger charge is -2.42. The van der Waals surface area contributed by atoms with Crippen molar-refractivity contribution in [1.82, 2.24) is 15.1 Å². The number of nitrogens with zero attached hydrogens (tertiary/aromatic N) is 2. The largest absolute Gasteiger partial charge is 0.382 e. The summed E-state index contributed by atoms with van der Waals surface area (Å²) >= 11 is 0. The van der Waals surface area contributed by atoms with Gasteiger partial charge in [0.15, 0.2) is 0 Å². The maximum absolute atomic E-state index is 5.34. The van der Waals surface area contributed by atoms with Crippen LogP contribution in [0.15, 0.2) is 0 Å². The van der Waals surface area contributed by atoms with Crippen molar-refractivity contribution in [2.24, 2.45) is 0 Å². The minimum Gasteiger partial charge on any atom is -0.382 e. The summed E-state index contributed by atoms with van der Waals surface area (Å²) in [6, 6.07) is 1.33. The van der Waals surface area contributed by atoms with Crippen molar-refractivity contribution in [3.05, 3.63) is 0 Å². The number of likely N-dealkylation sites (N-methyl/N-ethyl adjacent to an activating group) is 1. The molecule has 0 aromatic rings. The molecule has 1 fully saturated rings. The van der Waals surface area contributed by atoms with Crippen LogP contribution in [0, 0.1) is 0 Å². The summed E-state index contributed by atoms with van der Waals surface area (Å²) in [4.78, 5) is 5.19. The molecule has 0 aromatic heterocycles. The number of hydrogen-bond donors (Lipinski definition) is 1. The smallest absolute Gasteiger partial charge is 0.0477 e. The molecule has 0 saturated carbocycles. The molecule has 2 unspecified atom stereocenters. The predicted molar refractivity (Wildman–Crippen MR) is 81.7 cm³/mol. The molecular weight excluding hydrogens is 238 g/mol. The van der Waals surface area contributed by atoms with Gasteiger partial charge in [0.1, 0.15) is 0 Å². The maximum Gasteiger partial charge on any atom is 0.0477 e. The van der Waals surface area contributed by atoms with Crippen LogP contribution in [0.25, 0.3) is 0 Å². The molecule has 4 heteroatoms. The monoisotopic (exact) mass is 271 g/mol. The summed E-state index contributed by atoms with van der Waals surface area (Å²) in [6.45, 7) is 17.7. The van der Waals surface area contributed by atoms with E-state index in [1.165, 1.54) is 26.2 Å². The van der Waals surface area contributed by atoms with E-state index in [9.17, 15) is 0 Å². The highest BCUT2D eigenvalue weighted by Gasteiger charge is 2.24. The molecule has 1 N–H and O–H groups in total. The van der Waals surface area contributed by atoms with Gasteiger partial charge in [0.05, 0.1) is 0 Å². The van der Waals surface area contributed by atoms with E-state index in [0.717, 1.165) is 32.7 Å². The molecule has 0 radical (unpaired) electrons. The lowest BCUT2D eigenvalue weighted by atomic mass is 10.1. The predicted octanol–water partition coefficient (Wildman–Crippen LogP) is 1.42. The van der Waals surface area contributed by atoms with Crippen LogP contribution in [-0.4, -0.2) is 74.4 Å². The summed E-state index contributed by atoms with van der Waals surface area (Å²) in [7, 11) is 0. The average Bonchev–Trinajstić information content (AvgIpc) is 2.42. The zero-order chi connectivity index (χ0) is 14.1. The summed E-state index contributed by atoms with van der Waals surface area (Å²) in [6.07, 6.45) is 1.11. The van der Waals surface area contributed by atoms with Gasteiger partial charge in [-0.1, -0.05) is 6.92 Å². The van der Waals surface area contributed by atoms with Crippen LogP contribution < -0.4 is 5.32 Å². The summed E-state index contributed by atoms with van der Waals surface area (Å²) in [5, 5.41) is 3.55. The number of nitrogens with one attached hydrogen (secondary N) is 1. The van der Waals surface area contributed by atoms with Gasteiger partial charge in [-0.15, -0.1) is 0 Å². The summed E-state index contributed by atoms with van der Waals surface area (Å²) in [5.74, 6) is 0. The van der Waals surface area contributed by atoms with Crippen LogP contribution in [0.3, 0.4) is 0 Å². The molecule has 114 valence electrons. The Labute approximate surface area is 119 Å². The summed E-state index contributed by atoms with van der Waals surface area (Å²) in [5.41, 5.74) is 0. The molecule has 19 heavy (non-hydrogen) atoms. The van der Waals surface area contributed by atoms with Crippen LogP contribution in [0.2, 0.25) is 0 Å². The summed E-state index contributed by atoms with van der Waals surface area (Å²) < 4.78 is 5.34. The van der Waals surface area contributed by atoms with E-state index >= 15 is 0 Å². The SMILES string of the molecule is CCOCCCNCC(C)N1CCN(CC)C(C)C1. The van der Waals surface area contributed by atoms with Crippen molar-refractivity contribution in [3.63, 3.8) is 0 Å². The van der Waals surface area contributed by atoms with E-state index in [2.05, 4.69) is 35.9 Å². The molecule has 1 saturated heterocycles. The van der Waals surface area contributed by atoms with Crippen LogP contribution in [0.1, 0.15) is 34.1 Å². The van der Waals surface area contributed by atoms with Crippen molar-refractivity contribution in [2.45, 2.75) is 46.2 Å². The molecule has 0 spiro atoms. The van der Waals surface area contributed by atoms with Gasteiger partial charge in [-0.05, 0) is 40.3 Å². The maximum atomic E-state index is 5.34. The fraction of sp³-hybridized carbons (Fsp3) is 1.00. The molecule has 0 aliphatic carbocycles. The van der Waals surface area contributed by atoms with Gasteiger partial charge in [0.2, 0.25) is 0 Å². The zero-order valence-corrected chi connectivity index (χ0v) is 13.3. The minimum atomic E-state index is 0.633. The third-order valence-electron chi connectivity index (χ3n) is 4.11. The van der Waals surface area contributed by atoms with Crippen LogP contribution >= 0.6 is 0 Å². The molecule has 2 atom stereocenters. The van der Waals surface area contributed by atoms with E-state index in [0.29, 0.717) is 12.1 Å². The van der Waals surface area contributed by atoms with Gasteiger partial charge in [0.25, 0.3) is 0 Å². The van der Waals surface area contributed by atoms with Crippen molar-refractivity contribution < 1.29 is 4.74 Å². The van der Waals surface area contributed by atoms with Gasteiger partial charge < -0.3 is 10.1 Å². The number of rotatable bonds is 9. The molecule has 0 bridgehead atoms. The first-order valence-corrected chi connectivity index (χ1v) is 7.95. The van der Waals surface area contributed by atoms with Gasteiger partial charge in [-0.2, -0.15) is 0 Å². The molecule has 1 rings (SSSR count). The van der Waals surface area contributed by atoms with Gasteiger partial charge in [-0.25, -0.2) is 0 Å². The first-order valence-electron chi connectivity index (χ1n) is 7.95. The third-order valence-corrected chi connectivity index (χ3v) is 4.11. The Balaban J connectivity index is 2.11. The third kappa shape index (κ3) is 6.21. The highest BCUT2D eigenvalue weighted by atomic mass is 16.5. The van der Waals surface area contributed by atoms with E-state index in [4.69, 9.17) is 4.74 Å². The normalized spacial score (nSPS) is 23.7. The molecule has 0 amide bonds. The highest BCUT2D eigenvalue weighted by Crippen LogP contribution is 2.11. The molecule has 0 aromatic carbocycles. The number of piperazine rings is 1. The first kappa shape index (κ1) is 16.9. The van der Waals surface area contributed by atoms with E-state index in [-0.39, 0.29) is 0 Å². The lowest BCUT2D eigenvalue weighted by Crippen LogP contribution is -2.55. The number of hydrogen-bond acceptors (Lipinski definition) is 4. The quantitative estimate of drug-likeness (QED) is 0.642. The Morgan fingerprint density at radius 1 is 1.32 bits per heavy atom. The van der Waals surface area contributed by atoms with E-state index < -0.39 is 0 Å². The Morgan fingerprint density at radius 3 is 2.74 bits per heavy atom. The fourth-order valence-corrected chi connectivity index (χ4v) is 2.78. The Hall–Kier alpha value is -0.160. The average molecular weight is 271 g/mol. The van der Waals surface area contributed by atoms with Crippen LogP contribution in [0.4, 0.5) is 0 Å². The minimum absolute atomic E-state index is 0.633.